The molecule has 2 nitrogen and oxygen atoms in total. The van der Waals surface area contributed by atoms with Gasteiger partial charge in [0.15, 0.2) is 12.4 Å². The van der Waals surface area contributed by atoms with Crippen LogP contribution < -0.4 is 0 Å². The summed E-state index contributed by atoms with van der Waals surface area (Å²) in [6, 6.07) is 0. The fourth-order valence-electron chi connectivity index (χ4n) is 1.35. The molecule has 0 heterocycles. The van der Waals surface area contributed by atoms with Gasteiger partial charge in [0.05, 0.1) is 0 Å². The topological polar surface area (TPSA) is 18.5 Å². The summed E-state index contributed by atoms with van der Waals surface area (Å²) >= 11 is 0. The summed E-state index contributed by atoms with van der Waals surface area (Å²) in [5.74, 6) is -18.9. The van der Waals surface area contributed by atoms with Crippen LogP contribution in [0.1, 0.15) is 0 Å². The molecule has 0 saturated heterocycles. The molecule has 0 aromatic carbocycles. The van der Waals surface area contributed by atoms with E-state index in [0.717, 1.165) is 0 Å². The van der Waals surface area contributed by atoms with Crippen molar-refractivity contribution in [2.45, 2.75) is 30.1 Å². The summed E-state index contributed by atoms with van der Waals surface area (Å²) in [6.45, 7) is -5.23. The minimum absolute atomic E-state index is 1.05. The van der Waals surface area contributed by atoms with Gasteiger partial charge in [0.2, 0.25) is 0 Å². The minimum Gasteiger partial charge on any atom is -0.482 e. The van der Waals surface area contributed by atoms with E-state index in [1.165, 1.54) is 0 Å². The van der Waals surface area contributed by atoms with Crippen LogP contribution in [0.15, 0.2) is 11.8 Å². The second kappa shape index (κ2) is 5.13. The van der Waals surface area contributed by atoms with Crippen LogP contribution in [-0.4, -0.2) is 43.3 Å². The van der Waals surface area contributed by atoms with Crippen molar-refractivity contribution in [1.82, 2.24) is 0 Å². The highest BCUT2D eigenvalue weighted by Gasteiger charge is 2.78. The molecule has 1 unspecified atom stereocenters. The molecule has 0 radical (unpaired) electrons. The van der Waals surface area contributed by atoms with Gasteiger partial charge in [-0.05, 0) is 0 Å². The fourth-order valence-corrected chi connectivity index (χ4v) is 1.35. The first-order valence-electron chi connectivity index (χ1n) is 5.10. The Morgan fingerprint density at radius 2 is 1.27 bits per heavy atom. The van der Waals surface area contributed by atoms with E-state index in [1.807, 2.05) is 0 Å². The van der Waals surface area contributed by atoms with Crippen molar-refractivity contribution in [2.24, 2.45) is 0 Å². The van der Waals surface area contributed by atoms with Crippen LogP contribution in [0.2, 0.25) is 0 Å². The van der Waals surface area contributed by atoms with Crippen LogP contribution in [0.5, 0.6) is 0 Å². The van der Waals surface area contributed by atoms with Gasteiger partial charge in [0.1, 0.15) is 6.61 Å². The van der Waals surface area contributed by atoms with Gasteiger partial charge < -0.3 is 9.47 Å². The predicted octanol–water partition coefficient (Wildman–Crippen LogP) is 3.98. The van der Waals surface area contributed by atoms with Gasteiger partial charge in [-0.2, -0.15) is 48.3 Å². The molecule has 0 aliphatic heterocycles. The number of allylic oxidation sites excluding steroid dienone is 1. The molecular formula is C9H5F11O2. The van der Waals surface area contributed by atoms with Crippen LogP contribution in [0.4, 0.5) is 48.3 Å². The maximum Gasteiger partial charge on any atom is 0.422 e. The van der Waals surface area contributed by atoms with Crippen molar-refractivity contribution in [3.8, 4) is 0 Å². The van der Waals surface area contributed by atoms with Crippen LogP contribution in [0.3, 0.4) is 0 Å². The molecule has 0 aromatic heterocycles. The van der Waals surface area contributed by atoms with Gasteiger partial charge in [0.25, 0.3) is 0 Å². The average molecular weight is 354 g/mol. The average Bonchev–Trinajstić information content (AvgIpc) is 2.41. The van der Waals surface area contributed by atoms with Crippen molar-refractivity contribution < 1.29 is 57.8 Å². The zero-order chi connectivity index (χ0) is 17.6. The van der Waals surface area contributed by atoms with Gasteiger partial charge in [-0.3, -0.25) is 0 Å². The van der Waals surface area contributed by atoms with E-state index in [4.69, 9.17) is 0 Å². The van der Waals surface area contributed by atoms with Crippen molar-refractivity contribution in [3.63, 3.8) is 0 Å². The Hall–Kier alpha value is -1.27. The van der Waals surface area contributed by atoms with E-state index in [-0.39, 0.29) is 0 Å². The zero-order valence-corrected chi connectivity index (χ0v) is 9.97. The lowest BCUT2D eigenvalue weighted by atomic mass is 10.1. The van der Waals surface area contributed by atoms with Crippen LogP contribution in [0.25, 0.3) is 0 Å². The van der Waals surface area contributed by atoms with Crippen molar-refractivity contribution in [3.05, 3.63) is 11.8 Å². The van der Waals surface area contributed by atoms with Gasteiger partial charge in [0, 0.05) is 6.08 Å². The van der Waals surface area contributed by atoms with E-state index in [0.29, 0.717) is 0 Å². The van der Waals surface area contributed by atoms with E-state index < -0.39 is 55.1 Å². The van der Waals surface area contributed by atoms with Gasteiger partial charge in [-0.1, -0.05) is 0 Å². The number of alkyl halides is 11. The number of ether oxygens (including phenoxy) is 2. The maximum absolute atomic E-state index is 13.8. The molecule has 0 aromatic rings. The molecule has 1 atom stereocenters. The molecule has 1 aliphatic carbocycles. The molecule has 0 bridgehead atoms. The van der Waals surface area contributed by atoms with Gasteiger partial charge in [-0.15, -0.1) is 0 Å². The molecule has 0 saturated carbocycles. The highest BCUT2D eigenvalue weighted by Crippen LogP contribution is 2.56. The molecule has 0 amide bonds. The molecule has 13 heteroatoms. The van der Waals surface area contributed by atoms with Crippen molar-refractivity contribution >= 4 is 0 Å². The predicted molar refractivity (Wildman–Crippen MR) is 45.8 cm³/mol. The van der Waals surface area contributed by atoms with Crippen LogP contribution >= 0.6 is 0 Å². The van der Waals surface area contributed by atoms with E-state index in [2.05, 4.69) is 9.47 Å². The highest BCUT2D eigenvalue weighted by molar-refractivity contribution is 5.29. The summed E-state index contributed by atoms with van der Waals surface area (Å²) in [7, 11) is 0. The molecule has 0 fully saturated rings. The Balaban J connectivity index is 3.09. The molecule has 1 aliphatic rings. The summed E-state index contributed by atoms with van der Waals surface area (Å²) in [5, 5.41) is 0. The normalized spacial score (nSPS) is 27.7. The molecule has 1 rings (SSSR count). The number of rotatable bonds is 4. The third kappa shape index (κ3) is 3.55. The molecule has 22 heavy (non-hydrogen) atoms. The van der Waals surface area contributed by atoms with Crippen LogP contribution in [-0.2, 0) is 9.47 Å². The number of halogens is 11. The van der Waals surface area contributed by atoms with E-state index in [9.17, 15) is 48.3 Å². The lowest BCUT2D eigenvalue weighted by Crippen LogP contribution is -2.54. The second-order valence-corrected chi connectivity index (χ2v) is 4.11. The van der Waals surface area contributed by atoms with Gasteiger partial charge in [-0.25, -0.2) is 0 Å². The quantitative estimate of drug-likeness (QED) is 0.711. The lowest BCUT2D eigenvalue weighted by molar-refractivity contribution is -0.335. The van der Waals surface area contributed by atoms with Gasteiger partial charge >= 0.3 is 30.1 Å². The van der Waals surface area contributed by atoms with Crippen LogP contribution in [0, 0.1) is 0 Å². The fraction of sp³-hybridized carbons (Fsp3) is 0.778. The first-order chi connectivity index (χ1) is 9.52. The Morgan fingerprint density at radius 3 is 1.68 bits per heavy atom. The largest absolute Gasteiger partial charge is 0.482 e. The minimum atomic E-state index is -5.90. The summed E-state index contributed by atoms with van der Waals surface area (Å²) in [5.41, 5.74) is 0. The third-order valence-electron chi connectivity index (χ3n) is 2.28. The number of hydrogen-bond donors (Lipinski definition) is 0. The molecule has 0 spiro atoms. The first kappa shape index (κ1) is 18.8. The molecular weight excluding hydrogens is 349 g/mol. The van der Waals surface area contributed by atoms with E-state index in [1.54, 1.807) is 0 Å². The zero-order valence-electron chi connectivity index (χ0n) is 9.97. The summed E-state index contributed by atoms with van der Waals surface area (Å²) in [4.78, 5) is 0. The summed E-state index contributed by atoms with van der Waals surface area (Å²) < 4.78 is 144. The lowest BCUT2D eigenvalue weighted by Gasteiger charge is -2.31. The third-order valence-corrected chi connectivity index (χ3v) is 2.28. The molecule has 130 valence electrons. The Labute approximate surface area is 114 Å². The maximum atomic E-state index is 13.8. The van der Waals surface area contributed by atoms with Crippen molar-refractivity contribution in [2.75, 3.05) is 13.2 Å². The second-order valence-electron chi connectivity index (χ2n) is 4.11. The standard InChI is InChI=1S/C9H5F11O2/c10-5(11)1-4(21-2-6(12,13)14)8(18,9(5,19)20)22-3-7(15,16)17/h1H,2-3H2. The Bertz CT molecular complexity index is 449. The monoisotopic (exact) mass is 354 g/mol. The van der Waals surface area contributed by atoms with Crippen molar-refractivity contribution in [1.29, 1.82) is 0 Å². The summed E-state index contributed by atoms with van der Waals surface area (Å²) in [6.07, 6.45) is -11.7. The number of hydrogen-bond acceptors (Lipinski definition) is 2. The molecule has 0 N–H and O–H groups in total. The Morgan fingerprint density at radius 1 is 0.818 bits per heavy atom. The SMILES string of the molecule is FC(F)(F)COC1=CC(F)(F)C(F)(F)C1(F)OCC(F)(F)F. The highest BCUT2D eigenvalue weighted by atomic mass is 19.4. The van der Waals surface area contributed by atoms with E-state index >= 15 is 0 Å². The first-order valence-corrected chi connectivity index (χ1v) is 5.10. The smallest absolute Gasteiger partial charge is 0.422 e. The Kier molecular flexibility index (Phi) is 4.38.